The Hall–Kier alpha value is -2.96. The summed E-state index contributed by atoms with van der Waals surface area (Å²) in [7, 11) is 0. The fourth-order valence-electron chi connectivity index (χ4n) is 3.03. The van der Waals surface area contributed by atoms with Crippen LogP contribution in [0.3, 0.4) is 0 Å². The van der Waals surface area contributed by atoms with Crippen molar-refractivity contribution >= 4 is 5.91 Å². The average molecular weight is 322 g/mol. The quantitative estimate of drug-likeness (QED) is 0.793. The Balaban J connectivity index is 1.43. The van der Waals surface area contributed by atoms with Gasteiger partial charge in [-0.25, -0.2) is 14.6 Å². The minimum Gasteiger partial charge on any atom is -0.347 e. The molecule has 3 aromatic rings. The number of nitrogens with zero attached hydrogens (tertiary/aromatic N) is 5. The van der Waals surface area contributed by atoms with E-state index < -0.39 is 0 Å². The summed E-state index contributed by atoms with van der Waals surface area (Å²) in [5, 5.41) is 7.21. The van der Waals surface area contributed by atoms with Gasteiger partial charge in [-0.2, -0.15) is 5.10 Å². The summed E-state index contributed by atoms with van der Waals surface area (Å²) in [5.74, 6) is 1.69. The van der Waals surface area contributed by atoms with E-state index in [1.807, 2.05) is 25.4 Å². The fourth-order valence-corrected chi connectivity index (χ4v) is 3.03. The van der Waals surface area contributed by atoms with Crippen LogP contribution in [-0.4, -0.2) is 36.3 Å². The molecule has 0 aromatic carbocycles. The van der Waals surface area contributed by atoms with Gasteiger partial charge in [0, 0.05) is 43.8 Å². The topological polar surface area (TPSA) is 77.6 Å². The van der Waals surface area contributed by atoms with E-state index >= 15 is 0 Å². The number of rotatable bonds is 3. The van der Waals surface area contributed by atoms with Crippen LogP contribution in [0.5, 0.6) is 0 Å². The summed E-state index contributed by atoms with van der Waals surface area (Å²) >= 11 is 0. The molecule has 0 saturated heterocycles. The van der Waals surface area contributed by atoms with Crippen LogP contribution in [0.25, 0.3) is 5.82 Å². The van der Waals surface area contributed by atoms with Gasteiger partial charge in [-0.05, 0) is 31.5 Å². The zero-order valence-electron chi connectivity index (χ0n) is 13.4. The number of hydrogen-bond acceptors (Lipinski definition) is 4. The van der Waals surface area contributed by atoms with Crippen molar-refractivity contribution in [1.29, 1.82) is 0 Å². The van der Waals surface area contributed by atoms with Crippen LogP contribution in [-0.2, 0) is 13.0 Å². The second-order valence-electron chi connectivity index (χ2n) is 6.02. The first-order chi connectivity index (χ1) is 11.7. The largest absolute Gasteiger partial charge is 0.347 e. The van der Waals surface area contributed by atoms with Crippen LogP contribution in [0.4, 0.5) is 0 Å². The zero-order chi connectivity index (χ0) is 16.5. The maximum absolute atomic E-state index is 12.4. The number of aryl methyl sites for hydroxylation is 2. The van der Waals surface area contributed by atoms with Gasteiger partial charge in [0.1, 0.15) is 5.82 Å². The lowest BCUT2D eigenvalue weighted by Crippen LogP contribution is -2.40. The lowest BCUT2D eigenvalue weighted by Gasteiger charge is -2.24. The van der Waals surface area contributed by atoms with E-state index in [0.717, 1.165) is 30.9 Å². The van der Waals surface area contributed by atoms with Crippen molar-refractivity contribution < 1.29 is 4.79 Å². The molecule has 0 spiro atoms. The number of hydrogen-bond donors (Lipinski definition) is 1. The highest BCUT2D eigenvalue weighted by atomic mass is 16.1. The number of nitrogens with one attached hydrogen (secondary N) is 1. The molecule has 7 nitrogen and oxygen atoms in total. The number of imidazole rings is 1. The lowest BCUT2D eigenvalue weighted by molar-refractivity contribution is 0.0927. The van der Waals surface area contributed by atoms with Crippen molar-refractivity contribution in [2.75, 3.05) is 0 Å². The second-order valence-corrected chi connectivity index (χ2v) is 6.02. The molecule has 1 atom stereocenters. The summed E-state index contributed by atoms with van der Waals surface area (Å²) in [4.78, 5) is 21.2. The average Bonchev–Trinajstić information content (AvgIpc) is 3.23. The molecule has 1 aliphatic heterocycles. The highest BCUT2D eigenvalue weighted by Crippen LogP contribution is 2.15. The first kappa shape index (κ1) is 14.6. The summed E-state index contributed by atoms with van der Waals surface area (Å²) in [6.45, 7) is 2.76. The molecule has 3 aromatic heterocycles. The van der Waals surface area contributed by atoms with E-state index in [9.17, 15) is 4.79 Å². The molecular formula is C17H18N6O. The number of pyridine rings is 1. The highest BCUT2D eigenvalue weighted by Gasteiger charge is 2.21. The van der Waals surface area contributed by atoms with Crippen LogP contribution in [0, 0.1) is 6.92 Å². The fraction of sp³-hybridized carbons (Fsp3) is 0.294. The first-order valence-corrected chi connectivity index (χ1v) is 7.98. The van der Waals surface area contributed by atoms with E-state index in [2.05, 4.69) is 25.0 Å². The molecule has 1 unspecified atom stereocenters. The molecule has 7 heteroatoms. The van der Waals surface area contributed by atoms with Crippen LogP contribution < -0.4 is 5.32 Å². The zero-order valence-corrected chi connectivity index (χ0v) is 13.4. The second kappa shape index (κ2) is 5.92. The Kier molecular flexibility index (Phi) is 3.60. The van der Waals surface area contributed by atoms with Crippen LogP contribution >= 0.6 is 0 Å². The number of fused-ring (bicyclic) bond motifs is 1. The molecule has 0 saturated carbocycles. The third-order valence-electron chi connectivity index (χ3n) is 4.20. The van der Waals surface area contributed by atoms with E-state index in [4.69, 9.17) is 0 Å². The molecule has 1 aliphatic rings. The molecule has 4 heterocycles. The molecule has 1 N–H and O–H groups in total. The van der Waals surface area contributed by atoms with E-state index in [-0.39, 0.29) is 11.9 Å². The van der Waals surface area contributed by atoms with Crippen molar-refractivity contribution in [2.45, 2.75) is 32.4 Å². The smallest absolute Gasteiger partial charge is 0.253 e. The molecule has 0 radical (unpaired) electrons. The summed E-state index contributed by atoms with van der Waals surface area (Å²) in [5.41, 5.74) is 1.58. The van der Waals surface area contributed by atoms with Crippen molar-refractivity contribution in [2.24, 2.45) is 0 Å². The Labute approximate surface area is 139 Å². The Morgan fingerprint density at radius 2 is 2.29 bits per heavy atom. The highest BCUT2D eigenvalue weighted by molar-refractivity contribution is 5.94. The Bertz CT molecular complexity index is 850. The van der Waals surface area contributed by atoms with Crippen LogP contribution in [0.1, 0.15) is 28.3 Å². The number of carbonyl (C=O) groups excluding carboxylic acids is 1. The molecule has 1 amide bonds. The molecule has 4 rings (SSSR count). The van der Waals surface area contributed by atoms with Gasteiger partial charge >= 0.3 is 0 Å². The van der Waals surface area contributed by atoms with Crippen molar-refractivity contribution in [1.82, 2.24) is 29.6 Å². The summed E-state index contributed by atoms with van der Waals surface area (Å²) in [6, 6.07) is 5.51. The Morgan fingerprint density at radius 3 is 3.04 bits per heavy atom. The normalized spacial score (nSPS) is 16.6. The van der Waals surface area contributed by atoms with Crippen molar-refractivity contribution in [3.05, 3.63) is 60.1 Å². The predicted molar refractivity (Wildman–Crippen MR) is 87.9 cm³/mol. The van der Waals surface area contributed by atoms with Gasteiger partial charge in [-0.15, -0.1) is 0 Å². The minimum absolute atomic E-state index is 0.0974. The van der Waals surface area contributed by atoms with Gasteiger partial charge in [0.15, 0.2) is 5.82 Å². The molecule has 122 valence electrons. The monoisotopic (exact) mass is 322 g/mol. The van der Waals surface area contributed by atoms with Gasteiger partial charge < -0.3 is 9.88 Å². The molecular weight excluding hydrogens is 304 g/mol. The standard InChI is InChI=1S/C17H18N6O/c1-12-10-22-11-14(4-6-16(22)20-12)21-17(24)13-3-5-15(18-9-13)23-8-2-7-19-23/h2-3,5,7-10,14H,4,6,11H2,1H3,(H,21,24). The Morgan fingerprint density at radius 1 is 1.38 bits per heavy atom. The van der Waals surface area contributed by atoms with Gasteiger partial charge in [0.05, 0.1) is 11.3 Å². The molecule has 0 aliphatic carbocycles. The maximum Gasteiger partial charge on any atom is 0.253 e. The van der Waals surface area contributed by atoms with Crippen molar-refractivity contribution in [3.8, 4) is 5.82 Å². The van der Waals surface area contributed by atoms with Crippen LogP contribution in [0.2, 0.25) is 0 Å². The molecule has 24 heavy (non-hydrogen) atoms. The SMILES string of the molecule is Cc1cn2c(n1)CCC(NC(=O)c1ccc(-n3cccn3)nc1)C2. The van der Waals surface area contributed by atoms with E-state index in [1.54, 1.807) is 29.2 Å². The van der Waals surface area contributed by atoms with Crippen molar-refractivity contribution in [3.63, 3.8) is 0 Å². The number of amides is 1. The predicted octanol–water partition coefficient (Wildman–Crippen LogP) is 1.52. The number of aromatic nitrogens is 5. The van der Waals surface area contributed by atoms with Gasteiger partial charge in [-0.3, -0.25) is 4.79 Å². The van der Waals surface area contributed by atoms with Gasteiger partial charge in [-0.1, -0.05) is 0 Å². The lowest BCUT2D eigenvalue weighted by atomic mass is 10.1. The van der Waals surface area contributed by atoms with Crippen LogP contribution in [0.15, 0.2) is 43.0 Å². The molecule has 0 bridgehead atoms. The minimum atomic E-state index is -0.0974. The van der Waals surface area contributed by atoms with Gasteiger partial charge in [0.25, 0.3) is 5.91 Å². The van der Waals surface area contributed by atoms with Gasteiger partial charge in [0.2, 0.25) is 0 Å². The van der Waals surface area contributed by atoms with E-state index in [1.165, 1.54) is 0 Å². The molecule has 0 fully saturated rings. The first-order valence-electron chi connectivity index (χ1n) is 7.98. The third kappa shape index (κ3) is 2.80. The number of carbonyl (C=O) groups is 1. The van der Waals surface area contributed by atoms with E-state index in [0.29, 0.717) is 11.4 Å². The third-order valence-corrected chi connectivity index (χ3v) is 4.20. The summed E-state index contributed by atoms with van der Waals surface area (Å²) < 4.78 is 3.79. The summed E-state index contributed by atoms with van der Waals surface area (Å²) in [6.07, 6.45) is 8.92. The maximum atomic E-state index is 12.4.